The smallest absolute Gasteiger partial charge is 0.157 e. The highest BCUT2D eigenvalue weighted by Crippen LogP contribution is 2.37. The Morgan fingerprint density at radius 2 is 2.08 bits per heavy atom. The van der Waals surface area contributed by atoms with Gasteiger partial charge in [0.25, 0.3) is 0 Å². The molecule has 4 heteroatoms. The highest BCUT2D eigenvalue weighted by molar-refractivity contribution is 9.13. The summed E-state index contributed by atoms with van der Waals surface area (Å²) in [4.78, 5) is 4.08. The molecule has 0 fully saturated rings. The Morgan fingerprint density at radius 3 is 2.85 bits per heavy atom. The van der Waals surface area contributed by atoms with E-state index in [0.717, 1.165) is 9.86 Å². The summed E-state index contributed by atoms with van der Waals surface area (Å²) in [6.45, 7) is 0. The van der Waals surface area contributed by atoms with Crippen molar-refractivity contribution in [1.29, 1.82) is 0 Å². The number of benzene rings is 1. The standard InChI is InChI=1S/C9H5Br2NO/c10-6-4-5-2-1-3-12-8(5)9(13)7(6)11/h1-4,13H. The van der Waals surface area contributed by atoms with Gasteiger partial charge in [-0.05, 0) is 44.0 Å². The first-order chi connectivity index (χ1) is 6.20. The zero-order valence-corrected chi connectivity index (χ0v) is 9.63. The van der Waals surface area contributed by atoms with Gasteiger partial charge in [-0.15, -0.1) is 0 Å². The number of pyridine rings is 1. The van der Waals surface area contributed by atoms with Crippen molar-refractivity contribution in [2.45, 2.75) is 0 Å². The number of hydrogen-bond acceptors (Lipinski definition) is 2. The summed E-state index contributed by atoms with van der Waals surface area (Å²) in [6.07, 6.45) is 1.66. The first-order valence-electron chi connectivity index (χ1n) is 3.62. The van der Waals surface area contributed by atoms with Crippen molar-refractivity contribution in [2.24, 2.45) is 0 Å². The normalized spacial score (nSPS) is 10.6. The first kappa shape index (κ1) is 8.97. The maximum Gasteiger partial charge on any atom is 0.157 e. The largest absolute Gasteiger partial charge is 0.505 e. The molecule has 1 aromatic heterocycles. The third-order valence-electron chi connectivity index (χ3n) is 1.76. The Kier molecular flexibility index (Phi) is 2.26. The Hall–Kier alpha value is -0.610. The van der Waals surface area contributed by atoms with E-state index in [4.69, 9.17) is 0 Å². The monoisotopic (exact) mass is 301 g/mol. The molecule has 2 nitrogen and oxygen atoms in total. The molecule has 0 bridgehead atoms. The second-order valence-corrected chi connectivity index (χ2v) is 4.24. The molecule has 0 aliphatic rings. The molecule has 2 rings (SSSR count). The molecule has 0 saturated heterocycles. The van der Waals surface area contributed by atoms with E-state index in [2.05, 4.69) is 36.8 Å². The third kappa shape index (κ3) is 1.44. The van der Waals surface area contributed by atoms with Crippen LogP contribution < -0.4 is 0 Å². The molecule has 66 valence electrons. The van der Waals surface area contributed by atoms with E-state index >= 15 is 0 Å². The number of aromatic hydroxyl groups is 1. The van der Waals surface area contributed by atoms with Crippen LogP contribution in [0.3, 0.4) is 0 Å². The molecule has 0 aliphatic carbocycles. The number of hydrogen-bond donors (Lipinski definition) is 1. The maximum absolute atomic E-state index is 9.70. The van der Waals surface area contributed by atoms with Crippen molar-refractivity contribution in [3.8, 4) is 5.75 Å². The molecule has 0 unspecified atom stereocenters. The molecular weight excluding hydrogens is 298 g/mol. The molecule has 0 spiro atoms. The average Bonchev–Trinajstić information content (AvgIpc) is 2.15. The molecule has 0 saturated carbocycles. The predicted molar refractivity (Wildman–Crippen MR) is 58.8 cm³/mol. The fourth-order valence-corrected chi connectivity index (χ4v) is 1.89. The summed E-state index contributed by atoms with van der Waals surface area (Å²) >= 11 is 6.60. The van der Waals surface area contributed by atoms with Gasteiger partial charge in [0.1, 0.15) is 5.52 Å². The topological polar surface area (TPSA) is 33.1 Å². The highest BCUT2D eigenvalue weighted by Gasteiger charge is 2.08. The number of phenolic OH excluding ortho intramolecular Hbond substituents is 1. The predicted octanol–water partition coefficient (Wildman–Crippen LogP) is 3.47. The van der Waals surface area contributed by atoms with Gasteiger partial charge in [0.05, 0.1) is 4.47 Å². The summed E-state index contributed by atoms with van der Waals surface area (Å²) in [5.74, 6) is 0.171. The van der Waals surface area contributed by atoms with Crippen LogP contribution in [0.4, 0.5) is 0 Å². The van der Waals surface area contributed by atoms with E-state index in [1.165, 1.54) is 0 Å². The average molecular weight is 303 g/mol. The number of phenols is 1. The minimum Gasteiger partial charge on any atom is -0.505 e. The van der Waals surface area contributed by atoms with Gasteiger partial charge in [-0.3, -0.25) is 4.98 Å². The molecule has 0 radical (unpaired) electrons. The maximum atomic E-state index is 9.70. The van der Waals surface area contributed by atoms with Crippen LogP contribution in [0.2, 0.25) is 0 Å². The van der Waals surface area contributed by atoms with Gasteiger partial charge >= 0.3 is 0 Å². The molecule has 1 N–H and O–H groups in total. The van der Waals surface area contributed by atoms with Crippen LogP contribution in [-0.4, -0.2) is 10.1 Å². The lowest BCUT2D eigenvalue weighted by atomic mass is 10.2. The third-order valence-corrected chi connectivity index (χ3v) is 3.72. The van der Waals surface area contributed by atoms with Gasteiger partial charge in [0.15, 0.2) is 5.75 Å². The minimum atomic E-state index is 0.171. The van der Waals surface area contributed by atoms with Crippen LogP contribution >= 0.6 is 31.9 Å². The van der Waals surface area contributed by atoms with Crippen molar-refractivity contribution in [1.82, 2.24) is 4.98 Å². The van der Waals surface area contributed by atoms with Crippen molar-refractivity contribution in [3.63, 3.8) is 0 Å². The fourth-order valence-electron chi connectivity index (χ4n) is 1.15. The van der Waals surface area contributed by atoms with Crippen LogP contribution in [0.1, 0.15) is 0 Å². The van der Waals surface area contributed by atoms with E-state index in [0.29, 0.717) is 9.99 Å². The molecule has 2 aromatic rings. The van der Waals surface area contributed by atoms with E-state index in [1.807, 2.05) is 18.2 Å². The van der Waals surface area contributed by atoms with Crippen molar-refractivity contribution in [2.75, 3.05) is 0 Å². The van der Waals surface area contributed by atoms with Crippen molar-refractivity contribution >= 4 is 42.8 Å². The van der Waals surface area contributed by atoms with Crippen LogP contribution in [0.15, 0.2) is 33.3 Å². The van der Waals surface area contributed by atoms with E-state index in [-0.39, 0.29) is 5.75 Å². The zero-order chi connectivity index (χ0) is 9.42. The summed E-state index contributed by atoms with van der Waals surface area (Å²) in [6, 6.07) is 5.65. The van der Waals surface area contributed by atoms with E-state index in [9.17, 15) is 5.11 Å². The molecule has 1 aromatic carbocycles. The van der Waals surface area contributed by atoms with Crippen LogP contribution in [-0.2, 0) is 0 Å². The van der Waals surface area contributed by atoms with E-state index < -0.39 is 0 Å². The Balaban J connectivity index is 2.94. The number of nitrogens with zero attached hydrogens (tertiary/aromatic N) is 1. The summed E-state index contributed by atoms with van der Waals surface area (Å²) in [5, 5.41) is 10.6. The number of rotatable bonds is 0. The second kappa shape index (κ2) is 3.27. The Bertz CT molecular complexity index is 470. The van der Waals surface area contributed by atoms with Crippen molar-refractivity contribution < 1.29 is 5.11 Å². The van der Waals surface area contributed by atoms with Gasteiger partial charge in [0, 0.05) is 16.1 Å². The van der Waals surface area contributed by atoms with Crippen molar-refractivity contribution in [3.05, 3.63) is 33.3 Å². The number of fused-ring (bicyclic) bond motifs is 1. The molecule has 1 heterocycles. The number of aromatic nitrogens is 1. The van der Waals surface area contributed by atoms with Gasteiger partial charge in [-0.25, -0.2) is 0 Å². The second-order valence-electron chi connectivity index (χ2n) is 2.60. The van der Waals surface area contributed by atoms with Crippen LogP contribution in [0, 0.1) is 0 Å². The molecule has 0 atom stereocenters. The highest BCUT2D eigenvalue weighted by atomic mass is 79.9. The summed E-state index contributed by atoms with van der Waals surface area (Å²) < 4.78 is 1.46. The Labute approximate surface area is 91.9 Å². The Morgan fingerprint density at radius 1 is 1.31 bits per heavy atom. The molecular formula is C9H5Br2NO. The molecule has 0 amide bonds. The number of halogens is 2. The van der Waals surface area contributed by atoms with Crippen LogP contribution in [0.5, 0.6) is 5.75 Å². The van der Waals surface area contributed by atoms with Gasteiger partial charge in [-0.1, -0.05) is 6.07 Å². The SMILES string of the molecule is Oc1c(Br)c(Br)cc2cccnc12. The lowest BCUT2D eigenvalue weighted by molar-refractivity contribution is 0.476. The minimum absolute atomic E-state index is 0.171. The van der Waals surface area contributed by atoms with Gasteiger partial charge in [0.2, 0.25) is 0 Å². The van der Waals surface area contributed by atoms with Gasteiger partial charge < -0.3 is 5.11 Å². The van der Waals surface area contributed by atoms with Crippen LogP contribution in [0.25, 0.3) is 10.9 Å². The molecule has 13 heavy (non-hydrogen) atoms. The van der Waals surface area contributed by atoms with Gasteiger partial charge in [-0.2, -0.15) is 0 Å². The molecule has 0 aliphatic heterocycles. The summed E-state index contributed by atoms with van der Waals surface area (Å²) in [5.41, 5.74) is 0.609. The lowest BCUT2D eigenvalue weighted by Crippen LogP contribution is -1.81. The lowest BCUT2D eigenvalue weighted by Gasteiger charge is -2.03. The summed E-state index contributed by atoms with van der Waals surface area (Å²) in [7, 11) is 0. The quantitative estimate of drug-likeness (QED) is 0.808. The fraction of sp³-hybridized carbons (Fsp3) is 0. The van der Waals surface area contributed by atoms with E-state index in [1.54, 1.807) is 6.20 Å². The first-order valence-corrected chi connectivity index (χ1v) is 5.20. The zero-order valence-electron chi connectivity index (χ0n) is 6.46.